The highest BCUT2D eigenvalue weighted by molar-refractivity contribution is 7.91. The monoisotopic (exact) mass is 260 g/mol. The Labute approximate surface area is 101 Å². The third kappa shape index (κ3) is 2.38. The average Bonchev–Trinajstić information content (AvgIpc) is 2.72. The molecule has 1 aliphatic rings. The third-order valence-electron chi connectivity index (χ3n) is 3.08. The first-order valence-corrected chi connectivity index (χ1v) is 7.72. The first-order chi connectivity index (χ1) is 7.52. The van der Waals surface area contributed by atoms with Gasteiger partial charge in [0.15, 0.2) is 14.6 Å². The van der Waals surface area contributed by atoms with Crippen molar-refractivity contribution < 1.29 is 8.42 Å². The van der Waals surface area contributed by atoms with E-state index in [-0.39, 0.29) is 5.92 Å². The van der Waals surface area contributed by atoms with Crippen LogP contribution in [0.4, 0.5) is 0 Å². The summed E-state index contributed by atoms with van der Waals surface area (Å²) < 4.78 is 25.5. The largest absolute Gasteiger partial charge is 0.337 e. The molecule has 0 aliphatic carbocycles. The zero-order valence-electron chi connectivity index (χ0n) is 9.27. The van der Waals surface area contributed by atoms with Crippen LogP contribution < -0.4 is 0 Å². The summed E-state index contributed by atoms with van der Waals surface area (Å²) in [6.07, 6.45) is 3.58. The quantitative estimate of drug-likeness (QED) is 0.839. The Morgan fingerprint density at radius 2 is 2.38 bits per heavy atom. The van der Waals surface area contributed by atoms with Crippen LogP contribution in [-0.2, 0) is 22.8 Å². The van der Waals surface area contributed by atoms with Crippen LogP contribution in [-0.4, -0.2) is 29.5 Å². The molecular formula is C10H16N2O2S2. The zero-order valence-corrected chi connectivity index (χ0v) is 10.9. The van der Waals surface area contributed by atoms with Crippen LogP contribution in [0.3, 0.4) is 0 Å². The minimum Gasteiger partial charge on any atom is -0.337 e. The highest BCUT2D eigenvalue weighted by Crippen LogP contribution is 2.21. The summed E-state index contributed by atoms with van der Waals surface area (Å²) in [6.45, 7) is 2.80. The normalized spacial score (nSPS) is 23.7. The molecule has 1 atom stereocenters. The predicted molar refractivity (Wildman–Crippen MR) is 65.8 cm³/mol. The van der Waals surface area contributed by atoms with E-state index in [2.05, 4.69) is 11.9 Å². The van der Waals surface area contributed by atoms with Gasteiger partial charge in [-0.3, -0.25) is 0 Å². The molecule has 1 aromatic heterocycles. The van der Waals surface area contributed by atoms with Crippen LogP contribution in [0.15, 0.2) is 6.20 Å². The van der Waals surface area contributed by atoms with E-state index in [9.17, 15) is 8.42 Å². The van der Waals surface area contributed by atoms with Crippen molar-refractivity contribution in [3.63, 3.8) is 0 Å². The second-order valence-electron chi connectivity index (χ2n) is 4.32. The van der Waals surface area contributed by atoms with E-state index in [0.717, 1.165) is 25.1 Å². The molecule has 1 aromatic rings. The molecular weight excluding hydrogens is 244 g/mol. The fraction of sp³-hybridized carbons (Fsp3) is 0.700. The number of nitrogens with one attached hydrogen (secondary N) is 1. The van der Waals surface area contributed by atoms with E-state index in [1.807, 2.05) is 10.8 Å². The summed E-state index contributed by atoms with van der Waals surface area (Å²) in [4.78, 5) is 3.01. The molecule has 1 unspecified atom stereocenters. The fourth-order valence-electron chi connectivity index (χ4n) is 2.20. The van der Waals surface area contributed by atoms with Crippen molar-refractivity contribution in [2.45, 2.75) is 26.3 Å². The molecule has 90 valence electrons. The second kappa shape index (κ2) is 4.33. The fourth-order valence-corrected chi connectivity index (χ4v) is 4.30. The standard InChI is InChI=1S/C10H16N2O2S2/c1-2-9-5-11-10(15)12(9)6-8-3-4-16(13,14)7-8/h5,8H,2-4,6-7H2,1H3,(H,11,15). The highest BCUT2D eigenvalue weighted by Gasteiger charge is 2.28. The zero-order chi connectivity index (χ0) is 11.8. The van der Waals surface area contributed by atoms with E-state index in [1.165, 1.54) is 0 Å². The molecule has 6 heteroatoms. The molecule has 2 heterocycles. The number of aromatic nitrogens is 2. The predicted octanol–water partition coefficient (Wildman–Crippen LogP) is 1.54. The summed E-state index contributed by atoms with van der Waals surface area (Å²) in [5.74, 6) is 0.859. The number of hydrogen-bond acceptors (Lipinski definition) is 3. The van der Waals surface area contributed by atoms with E-state index in [4.69, 9.17) is 12.2 Å². The number of H-pyrrole nitrogens is 1. The molecule has 0 amide bonds. The molecule has 1 N–H and O–H groups in total. The topological polar surface area (TPSA) is 54.9 Å². The highest BCUT2D eigenvalue weighted by atomic mass is 32.2. The van der Waals surface area contributed by atoms with Gasteiger partial charge in [-0.25, -0.2) is 8.42 Å². The van der Waals surface area contributed by atoms with Crippen molar-refractivity contribution in [3.8, 4) is 0 Å². The molecule has 2 rings (SSSR count). The lowest BCUT2D eigenvalue weighted by molar-refractivity contribution is 0.477. The van der Waals surface area contributed by atoms with E-state index in [1.54, 1.807) is 0 Å². The van der Waals surface area contributed by atoms with Gasteiger partial charge in [-0.2, -0.15) is 0 Å². The van der Waals surface area contributed by atoms with Crippen LogP contribution in [0.1, 0.15) is 19.0 Å². The van der Waals surface area contributed by atoms with Gasteiger partial charge < -0.3 is 9.55 Å². The number of aromatic amines is 1. The first kappa shape index (κ1) is 11.9. The van der Waals surface area contributed by atoms with Gasteiger partial charge in [0.05, 0.1) is 11.5 Å². The SMILES string of the molecule is CCc1c[nH]c(=S)n1CC1CCS(=O)(=O)C1. The van der Waals surface area contributed by atoms with Crippen molar-refractivity contribution in [2.75, 3.05) is 11.5 Å². The van der Waals surface area contributed by atoms with Gasteiger partial charge >= 0.3 is 0 Å². The minimum absolute atomic E-state index is 0.220. The van der Waals surface area contributed by atoms with Crippen molar-refractivity contribution in [3.05, 3.63) is 16.7 Å². The molecule has 4 nitrogen and oxygen atoms in total. The van der Waals surface area contributed by atoms with Crippen molar-refractivity contribution >= 4 is 22.1 Å². The summed E-state index contributed by atoms with van der Waals surface area (Å²) in [5, 5.41) is 0. The Kier molecular flexibility index (Phi) is 3.21. The van der Waals surface area contributed by atoms with E-state index in [0.29, 0.717) is 16.3 Å². The molecule has 0 radical (unpaired) electrons. The molecule has 0 saturated carbocycles. The lowest BCUT2D eigenvalue weighted by Gasteiger charge is -2.11. The maximum absolute atomic E-state index is 11.4. The number of rotatable bonds is 3. The average molecular weight is 260 g/mol. The van der Waals surface area contributed by atoms with Gasteiger partial charge in [-0.15, -0.1) is 0 Å². The lowest BCUT2D eigenvalue weighted by Crippen LogP contribution is -2.14. The van der Waals surface area contributed by atoms with Crippen LogP contribution in [0.25, 0.3) is 0 Å². The smallest absolute Gasteiger partial charge is 0.177 e. The van der Waals surface area contributed by atoms with Gasteiger partial charge in [0, 0.05) is 18.4 Å². The molecule has 1 aliphatic heterocycles. The molecule has 0 spiro atoms. The van der Waals surface area contributed by atoms with Crippen LogP contribution >= 0.6 is 12.2 Å². The maximum Gasteiger partial charge on any atom is 0.177 e. The van der Waals surface area contributed by atoms with Gasteiger partial charge in [0.1, 0.15) is 0 Å². The van der Waals surface area contributed by atoms with Gasteiger partial charge in [0.2, 0.25) is 0 Å². The number of hydrogen-bond donors (Lipinski definition) is 1. The van der Waals surface area contributed by atoms with E-state index >= 15 is 0 Å². The Bertz CT molecular complexity index is 527. The Hall–Kier alpha value is -0.620. The van der Waals surface area contributed by atoms with Crippen molar-refractivity contribution in [1.29, 1.82) is 0 Å². The molecule has 0 bridgehead atoms. The minimum atomic E-state index is -2.79. The molecule has 0 aromatic carbocycles. The molecule has 16 heavy (non-hydrogen) atoms. The van der Waals surface area contributed by atoms with Gasteiger partial charge in [-0.1, -0.05) is 6.92 Å². The van der Waals surface area contributed by atoms with Crippen LogP contribution in [0, 0.1) is 10.7 Å². The summed E-state index contributed by atoms with van der Waals surface area (Å²) >= 11 is 5.19. The van der Waals surface area contributed by atoms with Crippen molar-refractivity contribution in [1.82, 2.24) is 9.55 Å². The van der Waals surface area contributed by atoms with Crippen molar-refractivity contribution in [2.24, 2.45) is 5.92 Å². The van der Waals surface area contributed by atoms with Gasteiger partial charge in [0.25, 0.3) is 0 Å². The second-order valence-corrected chi connectivity index (χ2v) is 6.93. The first-order valence-electron chi connectivity index (χ1n) is 5.49. The lowest BCUT2D eigenvalue weighted by atomic mass is 10.1. The Morgan fingerprint density at radius 1 is 1.62 bits per heavy atom. The van der Waals surface area contributed by atoms with Crippen LogP contribution in [0.2, 0.25) is 0 Å². The summed E-state index contributed by atoms with van der Waals surface area (Å²) in [6, 6.07) is 0. The third-order valence-corrected chi connectivity index (χ3v) is 5.26. The van der Waals surface area contributed by atoms with E-state index < -0.39 is 9.84 Å². The molecule has 1 fully saturated rings. The van der Waals surface area contributed by atoms with Crippen LogP contribution in [0.5, 0.6) is 0 Å². The Balaban J connectivity index is 2.16. The maximum atomic E-state index is 11.4. The number of imidazole rings is 1. The number of sulfone groups is 1. The summed E-state index contributed by atoms with van der Waals surface area (Å²) in [5.41, 5.74) is 1.15. The number of nitrogens with zero attached hydrogens (tertiary/aromatic N) is 1. The molecule has 1 saturated heterocycles. The van der Waals surface area contributed by atoms with Gasteiger partial charge in [-0.05, 0) is 31.0 Å². The Morgan fingerprint density at radius 3 is 2.94 bits per heavy atom. The number of aryl methyl sites for hydroxylation is 1. The summed E-state index contributed by atoms with van der Waals surface area (Å²) in [7, 11) is -2.79.